The zero-order chi connectivity index (χ0) is 18.8. The minimum atomic E-state index is -3.80. The zero-order valence-corrected chi connectivity index (χ0v) is 16.3. The Hall–Kier alpha value is -1.68. The second-order valence-electron chi connectivity index (χ2n) is 6.21. The van der Waals surface area contributed by atoms with Crippen molar-refractivity contribution in [1.82, 2.24) is 5.32 Å². The second kappa shape index (κ2) is 8.81. The number of rotatable bonds is 7. The fourth-order valence-electron chi connectivity index (χ4n) is 3.06. The van der Waals surface area contributed by atoms with Crippen molar-refractivity contribution in [3.05, 3.63) is 23.8 Å². The van der Waals surface area contributed by atoms with E-state index in [0.29, 0.717) is 24.9 Å². The standard InChI is InChI=1S/C16H23N3O5S.ClH/c1-3-4-13(16(21)22)18-9-15(20)19-10(2)7-11-8-12(25(17,23)24)5-6-14(11)19;/h5-6,8,10,13,18H,3-4,7,9H2,1-2H3,(H,21,22)(H2,17,23,24);1H. The molecule has 0 radical (unpaired) electrons. The highest BCUT2D eigenvalue weighted by Gasteiger charge is 2.32. The van der Waals surface area contributed by atoms with Crippen molar-refractivity contribution < 1.29 is 23.1 Å². The van der Waals surface area contributed by atoms with Gasteiger partial charge in [0.05, 0.1) is 11.4 Å². The minimum Gasteiger partial charge on any atom is -0.480 e. The molecule has 0 fully saturated rings. The summed E-state index contributed by atoms with van der Waals surface area (Å²) in [6.07, 6.45) is 1.64. The number of benzene rings is 1. The predicted molar refractivity (Wildman–Crippen MR) is 100 cm³/mol. The van der Waals surface area contributed by atoms with Crippen LogP contribution in [0.15, 0.2) is 23.1 Å². The van der Waals surface area contributed by atoms with E-state index < -0.39 is 22.0 Å². The topological polar surface area (TPSA) is 130 Å². The zero-order valence-electron chi connectivity index (χ0n) is 14.6. The molecule has 1 aliphatic heterocycles. The van der Waals surface area contributed by atoms with Gasteiger partial charge in [-0.1, -0.05) is 13.3 Å². The molecule has 2 unspecified atom stereocenters. The first-order valence-corrected chi connectivity index (χ1v) is 9.63. The first-order chi connectivity index (χ1) is 11.6. The monoisotopic (exact) mass is 405 g/mol. The molecule has 0 aliphatic carbocycles. The van der Waals surface area contributed by atoms with Gasteiger partial charge < -0.3 is 10.0 Å². The van der Waals surface area contributed by atoms with Crippen molar-refractivity contribution in [2.45, 2.75) is 50.1 Å². The van der Waals surface area contributed by atoms with E-state index in [1.807, 2.05) is 13.8 Å². The number of carboxylic acids is 1. The van der Waals surface area contributed by atoms with Gasteiger partial charge in [0.2, 0.25) is 15.9 Å². The molecule has 146 valence electrons. The van der Waals surface area contributed by atoms with Crippen LogP contribution in [0.2, 0.25) is 0 Å². The molecule has 0 aromatic heterocycles. The van der Waals surface area contributed by atoms with Crippen LogP contribution in [0.3, 0.4) is 0 Å². The maximum atomic E-state index is 12.6. The molecule has 10 heteroatoms. The number of carbonyl (C=O) groups is 2. The number of amides is 1. The Morgan fingerprint density at radius 2 is 2.08 bits per heavy atom. The summed E-state index contributed by atoms with van der Waals surface area (Å²) in [6.45, 7) is 3.63. The number of carboxylic acid groups (broad SMARTS) is 1. The van der Waals surface area contributed by atoms with Gasteiger partial charge in [-0.25, -0.2) is 13.6 Å². The fraction of sp³-hybridized carbons (Fsp3) is 0.500. The van der Waals surface area contributed by atoms with Gasteiger partial charge in [0, 0.05) is 11.7 Å². The summed E-state index contributed by atoms with van der Waals surface area (Å²) in [7, 11) is -3.80. The summed E-state index contributed by atoms with van der Waals surface area (Å²) in [6, 6.07) is 3.51. The third-order valence-electron chi connectivity index (χ3n) is 4.24. The van der Waals surface area contributed by atoms with Crippen molar-refractivity contribution in [3.63, 3.8) is 0 Å². The second-order valence-corrected chi connectivity index (χ2v) is 7.77. The lowest BCUT2D eigenvalue weighted by molar-refractivity contribution is -0.139. The van der Waals surface area contributed by atoms with E-state index in [2.05, 4.69) is 5.32 Å². The van der Waals surface area contributed by atoms with Crippen LogP contribution in [0, 0.1) is 0 Å². The van der Waals surface area contributed by atoms with E-state index in [1.165, 1.54) is 12.1 Å². The number of anilines is 1. The molecule has 2 atom stereocenters. The van der Waals surface area contributed by atoms with E-state index in [9.17, 15) is 18.0 Å². The smallest absolute Gasteiger partial charge is 0.320 e. The number of nitrogens with one attached hydrogen (secondary N) is 1. The summed E-state index contributed by atoms with van der Waals surface area (Å²) in [4.78, 5) is 25.3. The van der Waals surface area contributed by atoms with E-state index >= 15 is 0 Å². The Morgan fingerprint density at radius 3 is 2.62 bits per heavy atom. The van der Waals surface area contributed by atoms with Gasteiger partial charge in [0.1, 0.15) is 6.04 Å². The highest BCUT2D eigenvalue weighted by atomic mass is 35.5. The van der Waals surface area contributed by atoms with Crippen LogP contribution in [0.5, 0.6) is 0 Å². The van der Waals surface area contributed by atoms with Gasteiger partial charge in [-0.3, -0.25) is 14.9 Å². The van der Waals surface area contributed by atoms with Gasteiger partial charge in [-0.05, 0) is 43.5 Å². The molecule has 0 saturated carbocycles. The van der Waals surface area contributed by atoms with E-state index in [0.717, 1.165) is 5.56 Å². The molecule has 4 N–H and O–H groups in total. The average molecular weight is 406 g/mol. The maximum absolute atomic E-state index is 12.6. The Balaban J connectivity index is 0.00000338. The summed E-state index contributed by atoms with van der Waals surface area (Å²) >= 11 is 0. The number of primary sulfonamides is 1. The van der Waals surface area contributed by atoms with Crippen LogP contribution in [0.1, 0.15) is 32.3 Å². The van der Waals surface area contributed by atoms with Crippen LogP contribution in [0.25, 0.3) is 0 Å². The molecule has 2 rings (SSSR count). The van der Waals surface area contributed by atoms with E-state index in [-0.39, 0.29) is 35.8 Å². The number of fused-ring (bicyclic) bond motifs is 1. The number of nitrogens with two attached hydrogens (primary N) is 1. The molecule has 1 amide bonds. The molecule has 8 nitrogen and oxygen atoms in total. The van der Waals surface area contributed by atoms with E-state index in [4.69, 9.17) is 10.2 Å². The van der Waals surface area contributed by atoms with Crippen LogP contribution >= 0.6 is 12.4 Å². The molecular weight excluding hydrogens is 382 g/mol. The molecule has 0 bridgehead atoms. The third kappa shape index (κ3) is 4.94. The highest BCUT2D eigenvalue weighted by Crippen LogP contribution is 2.33. The third-order valence-corrected chi connectivity index (χ3v) is 5.15. The van der Waals surface area contributed by atoms with Crippen LogP contribution < -0.4 is 15.4 Å². The van der Waals surface area contributed by atoms with E-state index in [1.54, 1.807) is 11.0 Å². The summed E-state index contributed by atoms with van der Waals surface area (Å²) in [5, 5.41) is 17.1. The molecule has 0 spiro atoms. The molecule has 0 saturated heterocycles. The summed E-state index contributed by atoms with van der Waals surface area (Å²) < 4.78 is 22.9. The lowest BCUT2D eigenvalue weighted by Gasteiger charge is -2.24. The number of hydrogen-bond acceptors (Lipinski definition) is 5. The first kappa shape index (κ1) is 22.4. The van der Waals surface area contributed by atoms with Crippen molar-refractivity contribution in [2.75, 3.05) is 11.4 Å². The average Bonchev–Trinajstić information content (AvgIpc) is 2.84. The summed E-state index contributed by atoms with van der Waals surface area (Å²) in [5.74, 6) is -1.24. The maximum Gasteiger partial charge on any atom is 0.320 e. The normalized spacial score (nSPS) is 17.3. The van der Waals surface area contributed by atoms with Gasteiger partial charge in [0.25, 0.3) is 0 Å². The predicted octanol–water partition coefficient (Wildman–Crippen LogP) is 0.876. The van der Waals surface area contributed by atoms with Crippen molar-refractivity contribution in [2.24, 2.45) is 5.14 Å². The molecule has 1 aromatic carbocycles. The Kier molecular flexibility index (Phi) is 7.57. The van der Waals surface area contributed by atoms with Gasteiger partial charge in [-0.15, -0.1) is 12.4 Å². The van der Waals surface area contributed by atoms with Crippen LogP contribution in [-0.4, -0.2) is 44.0 Å². The molecular formula is C16H24ClN3O5S. The van der Waals surface area contributed by atoms with Crippen molar-refractivity contribution >= 4 is 40.0 Å². The quantitative estimate of drug-likeness (QED) is 0.617. The minimum absolute atomic E-state index is 0. The van der Waals surface area contributed by atoms with Gasteiger partial charge in [0.15, 0.2) is 0 Å². The van der Waals surface area contributed by atoms with Crippen LogP contribution in [0.4, 0.5) is 5.69 Å². The number of aliphatic carboxylic acids is 1. The van der Waals surface area contributed by atoms with Crippen molar-refractivity contribution in [3.8, 4) is 0 Å². The lowest BCUT2D eigenvalue weighted by atomic mass is 10.1. The highest BCUT2D eigenvalue weighted by molar-refractivity contribution is 7.89. The number of sulfonamides is 1. The lowest BCUT2D eigenvalue weighted by Crippen LogP contribution is -2.46. The van der Waals surface area contributed by atoms with Crippen LogP contribution in [-0.2, 0) is 26.0 Å². The molecule has 1 aromatic rings. The Labute approximate surface area is 159 Å². The fourth-order valence-corrected chi connectivity index (χ4v) is 3.63. The number of nitrogens with zero attached hydrogens (tertiary/aromatic N) is 1. The molecule has 26 heavy (non-hydrogen) atoms. The SMILES string of the molecule is CCCC(NCC(=O)N1c2ccc(S(N)(=O)=O)cc2CC1C)C(=O)O.Cl. The summed E-state index contributed by atoms with van der Waals surface area (Å²) in [5.41, 5.74) is 1.37. The van der Waals surface area contributed by atoms with Crippen molar-refractivity contribution in [1.29, 1.82) is 0 Å². The van der Waals surface area contributed by atoms with Gasteiger partial charge in [-0.2, -0.15) is 0 Å². The first-order valence-electron chi connectivity index (χ1n) is 8.09. The molecule has 1 aliphatic rings. The molecule has 1 heterocycles. The largest absolute Gasteiger partial charge is 0.480 e. The number of carbonyl (C=O) groups excluding carboxylic acids is 1. The van der Waals surface area contributed by atoms with Gasteiger partial charge >= 0.3 is 5.97 Å². The number of halogens is 1. The Morgan fingerprint density at radius 1 is 1.42 bits per heavy atom. The number of hydrogen-bond donors (Lipinski definition) is 3. The Bertz CT molecular complexity index is 784.